The maximum absolute atomic E-state index is 12.6. The topological polar surface area (TPSA) is 58.1 Å². The molecule has 2 aromatic carbocycles. The van der Waals surface area contributed by atoms with Gasteiger partial charge < -0.3 is 5.32 Å². The minimum atomic E-state index is 0.0326. The average molecular weight is 457 g/mol. The molecule has 28 heavy (non-hydrogen) atoms. The third-order valence-electron chi connectivity index (χ3n) is 4.95. The van der Waals surface area contributed by atoms with Crippen molar-refractivity contribution in [1.82, 2.24) is 15.1 Å². The van der Waals surface area contributed by atoms with Crippen molar-refractivity contribution in [3.05, 3.63) is 64.6 Å². The number of carbonyl (C=O) groups excluding carboxylic acids is 1. The lowest BCUT2D eigenvalue weighted by atomic mass is 9.95. The number of hydrogen-bond acceptors (Lipinski definition) is 5. The molecule has 0 saturated carbocycles. The number of hydrogen-bond donors (Lipinski definition) is 1. The van der Waals surface area contributed by atoms with E-state index in [1.807, 2.05) is 30.3 Å². The number of nitrogens with one attached hydrogen (secondary N) is 1. The lowest BCUT2D eigenvalue weighted by Gasteiger charge is -2.31. The third kappa shape index (κ3) is 4.84. The largest absolute Gasteiger partial charge is 0.300 e. The Balaban J connectivity index is 1.28. The first kappa shape index (κ1) is 19.2. The normalized spacial score (nSPS) is 15.5. The van der Waals surface area contributed by atoms with Gasteiger partial charge >= 0.3 is 0 Å². The van der Waals surface area contributed by atoms with E-state index in [9.17, 15) is 4.79 Å². The maximum Gasteiger partial charge on any atom is 0.229 e. The Morgan fingerprint density at radius 3 is 2.50 bits per heavy atom. The van der Waals surface area contributed by atoms with Gasteiger partial charge in [-0.3, -0.25) is 9.69 Å². The summed E-state index contributed by atoms with van der Waals surface area (Å²) in [5.41, 5.74) is 2.31. The Kier molecular flexibility index (Phi) is 6.14. The Bertz CT molecular complexity index is 921. The molecule has 1 aromatic heterocycles. The number of carbonyl (C=O) groups is 1. The molecule has 4 rings (SSSR count). The van der Waals surface area contributed by atoms with E-state index < -0.39 is 0 Å². The van der Waals surface area contributed by atoms with Crippen LogP contribution in [-0.4, -0.2) is 34.1 Å². The molecule has 0 radical (unpaired) electrons. The first-order valence-corrected chi connectivity index (χ1v) is 10.9. The van der Waals surface area contributed by atoms with Crippen molar-refractivity contribution >= 4 is 38.3 Å². The van der Waals surface area contributed by atoms with Gasteiger partial charge in [0, 0.05) is 22.5 Å². The van der Waals surface area contributed by atoms with Crippen molar-refractivity contribution in [3.8, 4) is 10.6 Å². The summed E-state index contributed by atoms with van der Waals surface area (Å²) in [4.78, 5) is 15.0. The summed E-state index contributed by atoms with van der Waals surface area (Å²) in [6.45, 7) is 2.79. The highest BCUT2D eigenvalue weighted by molar-refractivity contribution is 9.10. The predicted molar refractivity (Wildman–Crippen MR) is 116 cm³/mol. The van der Waals surface area contributed by atoms with Crippen molar-refractivity contribution < 1.29 is 4.79 Å². The van der Waals surface area contributed by atoms with E-state index in [-0.39, 0.29) is 11.8 Å². The Morgan fingerprint density at radius 1 is 1.07 bits per heavy atom. The molecule has 0 spiro atoms. The van der Waals surface area contributed by atoms with Gasteiger partial charge in [-0.05, 0) is 43.6 Å². The minimum Gasteiger partial charge on any atom is -0.300 e. The van der Waals surface area contributed by atoms with Crippen LogP contribution in [0.4, 0.5) is 5.13 Å². The molecule has 0 aliphatic carbocycles. The highest BCUT2D eigenvalue weighted by Crippen LogP contribution is 2.27. The molecular weight excluding hydrogens is 436 g/mol. The van der Waals surface area contributed by atoms with Gasteiger partial charge in [-0.2, -0.15) is 0 Å². The van der Waals surface area contributed by atoms with Gasteiger partial charge in [0.1, 0.15) is 5.01 Å². The van der Waals surface area contributed by atoms with E-state index in [1.54, 1.807) is 0 Å². The summed E-state index contributed by atoms with van der Waals surface area (Å²) in [6.07, 6.45) is 1.74. The summed E-state index contributed by atoms with van der Waals surface area (Å²) < 4.78 is 1.10. The molecule has 144 valence electrons. The highest BCUT2D eigenvalue weighted by atomic mass is 79.9. The monoisotopic (exact) mass is 456 g/mol. The van der Waals surface area contributed by atoms with Crippen molar-refractivity contribution in [2.24, 2.45) is 5.92 Å². The second-order valence-electron chi connectivity index (χ2n) is 6.94. The number of aromatic nitrogens is 2. The van der Waals surface area contributed by atoms with Crippen LogP contribution >= 0.6 is 27.3 Å². The first-order chi connectivity index (χ1) is 13.7. The second-order valence-corrected chi connectivity index (χ2v) is 8.84. The van der Waals surface area contributed by atoms with Crippen LogP contribution in [-0.2, 0) is 11.3 Å². The summed E-state index contributed by atoms with van der Waals surface area (Å²) in [6, 6.07) is 18.3. The Morgan fingerprint density at radius 2 is 1.79 bits per heavy atom. The van der Waals surface area contributed by atoms with Crippen LogP contribution in [0.15, 0.2) is 59.1 Å². The van der Waals surface area contributed by atoms with E-state index >= 15 is 0 Å². The predicted octanol–water partition coefficient (Wildman–Crippen LogP) is 4.82. The molecule has 3 aromatic rings. The van der Waals surface area contributed by atoms with Gasteiger partial charge in [-0.25, -0.2) is 0 Å². The standard InChI is InChI=1S/C21H21BrN4OS/c22-18-8-6-15(7-9-18)14-26-12-10-16(11-13-26)19(27)23-21-25-24-20(28-21)17-4-2-1-3-5-17/h1-9,16H,10-14H2,(H,23,25,27). The molecule has 1 N–H and O–H groups in total. The highest BCUT2D eigenvalue weighted by Gasteiger charge is 2.25. The van der Waals surface area contributed by atoms with Crippen LogP contribution in [0, 0.1) is 5.92 Å². The molecule has 1 aliphatic rings. The molecule has 0 atom stereocenters. The lowest BCUT2D eigenvalue weighted by Crippen LogP contribution is -2.37. The van der Waals surface area contributed by atoms with Crippen LogP contribution < -0.4 is 5.32 Å². The second kappa shape index (κ2) is 8.94. The minimum absolute atomic E-state index is 0.0326. The van der Waals surface area contributed by atoms with Gasteiger partial charge in [0.2, 0.25) is 11.0 Å². The first-order valence-electron chi connectivity index (χ1n) is 9.34. The fourth-order valence-electron chi connectivity index (χ4n) is 3.38. The van der Waals surface area contributed by atoms with Gasteiger partial charge in [0.05, 0.1) is 0 Å². The number of amides is 1. The molecule has 1 amide bonds. The quantitative estimate of drug-likeness (QED) is 0.597. The number of likely N-dealkylation sites (tertiary alicyclic amines) is 1. The average Bonchev–Trinajstić information content (AvgIpc) is 3.19. The van der Waals surface area contributed by atoms with Crippen molar-refractivity contribution in [2.75, 3.05) is 18.4 Å². The van der Waals surface area contributed by atoms with Crippen LogP contribution in [0.3, 0.4) is 0 Å². The van der Waals surface area contributed by atoms with E-state index in [2.05, 4.69) is 60.6 Å². The van der Waals surface area contributed by atoms with E-state index in [4.69, 9.17) is 0 Å². The zero-order valence-corrected chi connectivity index (χ0v) is 17.7. The summed E-state index contributed by atoms with van der Waals surface area (Å²) in [5.74, 6) is 0.0873. The van der Waals surface area contributed by atoms with Gasteiger partial charge in [-0.1, -0.05) is 69.7 Å². The summed E-state index contributed by atoms with van der Waals surface area (Å²) >= 11 is 4.88. The van der Waals surface area contributed by atoms with E-state index in [1.165, 1.54) is 16.9 Å². The molecule has 1 aliphatic heterocycles. The summed E-state index contributed by atoms with van der Waals surface area (Å²) in [5, 5.41) is 12.7. The molecule has 5 nitrogen and oxygen atoms in total. The molecule has 1 saturated heterocycles. The molecule has 7 heteroatoms. The zero-order valence-electron chi connectivity index (χ0n) is 15.3. The number of rotatable bonds is 5. The van der Waals surface area contributed by atoms with Crippen LogP contribution in [0.5, 0.6) is 0 Å². The fraction of sp³-hybridized carbons (Fsp3) is 0.286. The van der Waals surface area contributed by atoms with Gasteiger partial charge in [-0.15, -0.1) is 10.2 Å². The number of nitrogens with zero attached hydrogens (tertiary/aromatic N) is 3. The molecule has 0 bridgehead atoms. The zero-order chi connectivity index (χ0) is 19.3. The van der Waals surface area contributed by atoms with Crippen LogP contribution in [0.1, 0.15) is 18.4 Å². The number of anilines is 1. The van der Waals surface area contributed by atoms with Crippen molar-refractivity contribution in [2.45, 2.75) is 19.4 Å². The SMILES string of the molecule is O=C(Nc1nnc(-c2ccccc2)s1)C1CCN(Cc2ccc(Br)cc2)CC1. The van der Waals surface area contributed by atoms with E-state index in [0.717, 1.165) is 47.5 Å². The van der Waals surface area contributed by atoms with Crippen molar-refractivity contribution in [1.29, 1.82) is 0 Å². The fourth-order valence-corrected chi connectivity index (χ4v) is 4.40. The molecule has 0 unspecified atom stereocenters. The lowest BCUT2D eigenvalue weighted by molar-refractivity contribution is -0.121. The Labute approximate surface area is 176 Å². The molecule has 1 fully saturated rings. The number of halogens is 1. The number of piperidine rings is 1. The van der Waals surface area contributed by atoms with Gasteiger partial charge in [0.25, 0.3) is 0 Å². The molecular formula is C21H21BrN4OS. The van der Waals surface area contributed by atoms with E-state index in [0.29, 0.717) is 5.13 Å². The van der Waals surface area contributed by atoms with Crippen molar-refractivity contribution in [3.63, 3.8) is 0 Å². The Hall–Kier alpha value is -2.09. The smallest absolute Gasteiger partial charge is 0.229 e. The van der Waals surface area contributed by atoms with Crippen LogP contribution in [0.2, 0.25) is 0 Å². The van der Waals surface area contributed by atoms with Gasteiger partial charge in [0.15, 0.2) is 0 Å². The summed E-state index contributed by atoms with van der Waals surface area (Å²) in [7, 11) is 0. The maximum atomic E-state index is 12.6. The third-order valence-corrected chi connectivity index (χ3v) is 6.37. The number of benzene rings is 2. The van der Waals surface area contributed by atoms with Crippen LogP contribution in [0.25, 0.3) is 10.6 Å². The molecule has 2 heterocycles.